The number of hydrogen-bond donors (Lipinski definition) is 1. The van der Waals surface area contributed by atoms with Crippen LogP contribution in [-0.4, -0.2) is 42.2 Å². The van der Waals surface area contributed by atoms with Gasteiger partial charge in [-0.2, -0.15) is 0 Å². The highest BCUT2D eigenvalue weighted by molar-refractivity contribution is 7.91. The number of hydrogen-bond acceptors (Lipinski definition) is 6. The number of imidazole rings is 1. The molecule has 31 heavy (non-hydrogen) atoms. The number of nitrogen functional groups attached to an aromatic ring is 1. The molecule has 1 aromatic heterocycles. The predicted octanol–water partition coefficient (Wildman–Crippen LogP) is 3.34. The van der Waals surface area contributed by atoms with Gasteiger partial charge in [-0.25, -0.2) is 13.4 Å². The Morgan fingerprint density at radius 3 is 2.58 bits per heavy atom. The minimum Gasteiger partial charge on any atom is -0.399 e. The Labute approximate surface area is 186 Å². The van der Waals surface area contributed by atoms with Crippen molar-refractivity contribution in [2.24, 2.45) is 0 Å². The predicted molar refractivity (Wildman–Crippen MR) is 118 cm³/mol. The second-order valence-electron chi connectivity index (χ2n) is 7.67. The highest BCUT2D eigenvalue weighted by Gasteiger charge is 2.43. The molecule has 0 radical (unpaired) electrons. The molecule has 2 atom stereocenters. The third-order valence-electron chi connectivity index (χ3n) is 5.25. The van der Waals surface area contributed by atoms with Crippen LogP contribution in [0.5, 0.6) is 0 Å². The first-order valence-corrected chi connectivity index (χ1v) is 12.0. The summed E-state index contributed by atoms with van der Waals surface area (Å²) in [7, 11) is -3.54. The van der Waals surface area contributed by atoms with Crippen molar-refractivity contribution in [2.75, 3.05) is 18.1 Å². The molecule has 0 aliphatic carbocycles. The molecule has 7 nitrogen and oxygen atoms in total. The van der Waals surface area contributed by atoms with Gasteiger partial charge in [-0.15, -0.1) is 0 Å². The molecule has 9 heteroatoms. The number of benzene rings is 2. The van der Waals surface area contributed by atoms with E-state index in [9.17, 15) is 8.42 Å². The van der Waals surface area contributed by atoms with E-state index in [2.05, 4.69) is 4.98 Å². The number of aryl methyl sites for hydroxylation is 1. The number of halogens is 1. The zero-order chi connectivity index (χ0) is 21.9. The monoisotopic (exact) mass is 461 g/mol. The van der Waals surface area contributed by atoms with Gasteiger partial charge in [0.25, 0.3) is 0 Å². The van der Waals surface area contributed by atoms with E-state index in [1.165, 1.54) is 12.1 Å². The summed E-state index contributed by atoms with van der Waals surface area (Å²) in [4.78, 5) is 4.30. The van der Waals surface area contributed by atoms with Gasteiger partial charge in [-0.1, -0.05) is 23.7 Å². The highest BCUT2D eigenvalue weighted by Crippen LogP contribution is 2.32. The lowest BCUT2D eigenvalue weighted by molar-refractivity contribution is -0.180. The molecule has 0 spiro atoms. The summed E-state index contributed by atoms with van der Waals surface area (Å²) in [6.45, 7) is 0.614. The lowest BCUT2D eigenvalue weighted by atomic mass is 10.0. The van der Waals surface area contributed by atoms with E-state index in [-0.39, 0.29) is 17.3 Å². The largest absolute Gasteiger partial charge is 0.399 e. The van der Waals surface area contributed by atoms with Crippen LogP contribution in [0.4, 0.5) is 5.69 Å². The molecule has 2 N–H and O–H groups in total. The van der Waals surface area contributed by atoms with Crippen molar-refractivity contribution in [3.05, 3.63) is 77.8 Å². The second-order valence-corrected chi connectivity index (χ2v) is 10.1. The lowest BCUT2D eigenvalue weighted by Gasteiger charge is -2.28. The van der Waals surface area contributed by atoms with Crippen molar-refractivity contribution in [2.45, 2.75) is 36.2 Å². The van der Waals surface area contributed by atoms with Gasteiger partial charge in [0, 0.05) is 29.5 Å². The van der Waals surface area contributed by atoms with Crippen LogP contribution in [-0.2, 0) is 32.3 Å². The van der Waals surface area contributed by atoms with Crippen LogP contribution >= 0.6 is 11.6 Å². The zero-order valence-electron chi connectivity index (χ0n) is 16.9. The Hall–Kier alpha value is -2.39. The molecule has 1 saturated heterocycles. The molecule has 1 aliphatic rings. The maximum atomic E-state index is 12.8. The Morgan fingerprint density at radius 2 is 1.90 bits per heavy atom. The van der Waals surface area contributed by atoms with Crippen LogP contribution in [0.2, 0.25) is 5.02 Å². The maximum Gasteiger partial charge on any atom is 0.187 e. The average molecular weight is 462 g/mol. The van der Waals surface area contributed by atoms with Gasteiger partial charge in [0.1, 0.15) is 0 Å². The maximum absolute atomic E-state index is 12.8. The minimum absolute atomic E-state index is 0.163. The number of aromatic nitrogens is 2. The number of anilines is 1. The van der Waals surface area contributed by atoms with Crippen molar-refractivity contribution in [1.82, 2.24) is 9.55 Å². The zero-order valence-corrected chi connectivity index (χ0v) is 18.4. The molecule has 1 aliphatic heterocycles. The fourth-order valence-electron chi connectivity index (χ4n) is 3.65. The Balaban J connectivity index is 1.48. The lowest BCUT2D eigenvalue weighted by Crippen LogP contribution is -2.37. The summed E-state index contributed by atoms with van der Waals surface area (Å²) >= 11 is 5.98. The second kappa shape index (κ2) is 9.00. The first-order chi connectivity index (χ1) is 14.8. The summed E-state index contributed by atoms with van der Waals surface area (Å²) in [6, 6.07) is 13.8. The van der Waals surface area contributed by atoms with E-state index in [0.29, 0.717) is 30.1 Å². The molecular weight excluding hydrogens is 438 g/mol. The standard InChI is InChI=1S/C22H24ClN3O4S/c23-18-3-1-17(2-4-18)9-10-22(15-26-12-11-25-16-26)29-13-20(30-22)14-31(27,28)21-7-5-19(24)6-8-21/h1-8,11-12,16,20H,9-10,13-15,24H2/t20-,22-/m1/s1. The van der Waals surface area contributed by atoms with Crippen LogP contribution in [0.25, 0.3) is 0 Å². The van der Waals surface area contributed by atoms with Crippen LogP contribution in [0.15, 0.2) is 72.1 Å². The van der Waals surface area contributed by atoms with E-state index in [1.807, 2.05) is 35.0 Å². The molecule has 0 unspecified atom stereocenters. The summed E-state index contributed by atoms with van der Waals surface area (Å²) in [5.41, 5.74) is 7.28. The normalized spacial score (nSPS) is 21.4. The van der Waals surface area contributed by atoms with Crippen LogP contribution in [0.3, 0.4) is 0 Å². The fourth-order valence-corrected chi connectivity index (χ4v) is 5.18. The third kappa shape index (κ3) is 5.46. The van der Waals surface area contributed by atoms with Crippen molar-refractivity contribution < 1.29 is 17.9 Å². The number of rotatable bonds is 8. The average Bonchev–Trinajstić information content (AvgIpc) is 3.38. The molecule has 1 fully saturated rings. The number of ether oxygens (including phenoxy) is 2. The Kier molecular flexibility index (Phi) is 6.34. The van der Waals surface area contributed by atoms with Gasteiger partial charge in [-0.3, -0.25) is 0 Å². The number of nitrogens with two attached hydrogens (primary N) is 1. The van der Waals surface area contributed by atoms with Crippen LogP contribution < -0.4 is 5.73 Å². The Morgan fingerprint density at radius 1 is 1.16 bits per heavy atom. The third-order valence-corrected chi connectivity index (χ3v) is 7.30. The first-order valence-electron chi connectivity index (χ1n) is 9.94. The molecular formula is C22H24ClN3O4S. The molecule has 0 saturated carbocycles. The molecule has 164 valence electrons. The summed E-state index contributed by atoms with van der Waals surface area (Å²) < 4.78 is 39.9. The van der Waals surface area contributed by atoms with Crippen LogP contribution in [0.1, 0.15) is 12.0 Å². The van der Waals surface area contributed by atoms with Gasteiger partial charge in [0.2, 0.25) is 0 Å². The SMILES string of the molecule is Nc1ccc(S(=O)(=O)C[C@H]2CO[C@@](CCc3ccc(Cl)cc3)(Cn3ccnc3)O2)cc1. The minimum atomic E-state index is -3.54. The van der Waals surface area contributed by atoms with Crippen molar-refractivity contribution >= 4 is 27.1 Å². The molecule has 0 amide bonds. The number of nitrogens with zero attached hydrogens (tertiary/aromatic N) is 2. The van der Waals surface area contributed by atoms with Gasteiger partial charge in [-0.05, 0) is 48.4 Å². The summed E-state index contributed by atoms with van der Waals surface area (Å²) in [5, 5.41) is 0.679. The van der Waals surface area contributed by atoms with E-state index < -0.39 is 21.7 Å². The molecule has 4 rings (SSSR count). The smallest absolute Gasteiger partial charge is 0.187 e. The van der Waals surface area contributed by atoms with Gasteiger partial charge < -0.3 is 19.8 Å². The van der Waals surface area contributed by atoms with Crippen molar-refractivity contribution in [3.63, 3.8) is 0 Å². The van der Waals surface area contributed by atoms with Crippen LogP contribution in [0, 0.1) is 0 Å². The van der Waals surface area contributed by atoms with E-state index >= 15 is 0 Å². The topological polar surface area (TPSA) is 96.4 Å². The number of sulfone groups is 1. The molecule has 2 heterocycles. The fraction of sp³-hybridized carbons (Fsp3) is 0.318. The van der Waals surface area contributed by atoms with Crippen molar-refractivity contribution in [3.8, 4) is 0 Å². The van der Waals surface area contributed by atoms with Gasteiger partial charge in [0.15, 0.2) is 15.6 Å². The van der Waals surface area contributed by atoms with Gasteiger partial charge >= 0.3 is 0 Å². The highest BCUT2D eigenvalue weighted by atomic mass is 35.5. The van der Waals surface area contributed by atoms with Crippen molar-refractivity contribution in [1.29, 1.82) is 0 Å². The molecule has 0 bridgehead atoms. The summed E-state index contributed by atoms with van der Waals surface area (Å²) in [5.74, 6) is -1.11. The van der Waals surface area contributed by atoms with Gasteiger partial charge in [0.05, 0.1) is 36.2 Å². The molecule has 3 aromatic rings. The van der Waals surface area contributed by atoms with E-state index in [1.54, 1.807) is 24.7 Å². The molecule has 2 aromatic carbocycles. The quantitative estimate of drug-likeness (QED) is 0.517. The van der Waals surface area contributed by atoms with E-state index in [4.69, 9.17) is 26.8 Å². The first kappa shape index (κ1) is 21.8. The Bertz CT molecular complexity index is 1100. The van der Waals surface area contributed by atoms with E-state index in [0.717, 1.165) is 5.56 Å². The summed E-state index contributed by atoms with van der Waals surface area (Å²) in [6.07, 6.45) is 5.89.